The lowest BCUT2D eigenvalue weighted by Crippen LogP contribution is -2.71. The lowest BCUT2D eigenvalue weighted by molar-refractivity contribution is -0.150. The van der Waals surface area contributed by atoms with Crippen LogP contribution in [0.15, 0.2) is 32.1 Å². The van der Waals surface area contributed by atoms with E-state index in [9.17, 15) is 24.3 Å². The van der Waals surface area contributed by atoms with Gasteiger partial charge in [-0.2, -0.15) is 0 Å². The molecule has 1 unspecified atom stereocenters. The second-order valence-electron chi connectivity index (χ2n) is 7.57. The Balaban J connectivity index is 1.47. The number of carboxylic acid groups (broad SMARTS) is 2. The van der Waals surface area contributed by atoms with E-state index in [0.29, 0.717) is 5.57 Å². The molecule has 0 saturated carbocycles. The molecule has 2 atom stereocenters. The summed E-state index contributed by atoms with van der Waals surface area (Å²) in [5.74, 6) is -3.93. The van der Waals surface area contributed by atoms with Gasteiger partial charge in [-0.25, -0.2) is 19.3 Å². The number of tetrazole rings is 1. The maximum absolute atomic E-state index is 13.0. The van der Waals surface area contributed by atoms with E-state index in [1.54, 1.807) is 0 Å². The number of nitrogens with two attached hydrogens (primary N) is 1. The van der Waals surface area contributed by atoms with E-state index in [4.69, 9.17) is 20.9 Å². The number of thiazole rings is 1. The number of hydrogen-bond acceptors (Lipinski definition) is 16. The summed E-state index contributed by atoms with van der Waals surface area (Å²) in [7, 11) is 1.24. The standard InChI is InChI=1S/C18H18N10O8S3/c1-36-24-9(8-5-38-17(19)20-8)12(29)21-10-13(30)28-11(16(33)34)6(3-37-14(10)28)4-39-18-22-25-26-27(18)2-7(23-35)15(31)32/h5,10,14,35H,2-4H2,1H3,(H2,19,20)(H,21,29)(H,31,32)(H,33,34)/t10?,14-/m0/s1. The zero-order chi connectivity index (χ0) is 28.3. The Morgan fingerprint density at radius 1 is 1.36 bits per heavy atom. The van der Waals surface area contributed by atoms with Gasteiger partial charge in [0.25, 0.3) is 11.8 Å². The van der Waals surface area contributed by atoms with Crippen LogP contribution >= 0.6 is 34.9 Å². The molecule has 2 aliphatic rings. The zero-order valence-corrected chi connectivity index (χ0v) is 22.1. The normalized spacial score (nSPS) is 19.4. The van der Waals surface area contributed by atoms with E-state index in [-0.39, 0.29) is 38.9 Å². The van der Waals surface area contributed by atoms with Crippen LogP contribution in [0.25, 0.3) is 0 Å². The Labute approximate surface area is 229 Å². The fourth-order valence-electron chi connectivity index (χ4n) is 3.53. The molecule has 0 aliphatic carbocycles. The van der Waals surface area contributed by atoms with Gasteiger partial charge in [-0.1, -0.05) is 22.1 Å². The van der Waals surface area contributed by atoms with Gasteiger partial charge in [-0.3, -0.25) is 14.5 Å². The number of β-lactam (4-membered cyclic amide) rings is 1. The molecule has 0 radical (unpaired) electrons. The average molecular weight is 599 g/mol. The first-order valence-corrected chi connectivity index (χ1v) is 13.4. The Bertz CT molecular complexity index is 1420. The number of nitrogens with one attached hydrogen (secondary N) is 1. The van der Waals surface area contributed by atoms with E-state index >= 15 is 0 Å². The molecule has 4 rings (SSSR count). The third-order valence-electron chi connectivity index (χ3n) is 5.24. The molecule has 21 heteroatoms. The maximum atomic E-state index is 13.0. The Morgan fingerprint density at radius 2 is 2.13 bits per heavy atom. The Hall–Kier alpha value is -4.24. The first-order valence-electron chi connectivity index (χ1n) is 10.5. The average Bonchev–Trinajstić information content (AvgIpc) is 3.54. The van der Waals surface area contributed by atoms with Gasteiger partial charge in [0, 0.05) is 16.9 Å². The number of carbonyl (C=O) groups excluding carboxylic acids is 2. The van der Waals surface area contributed by atoms with Gasteiger partial charge in [0.1, 0.15) is 29.9 Å². The van der Waals surface area contributed by atoms with Crippen molar-refractivity contribution in [1.82, 2.24) is 35.4 Å². The van der Waals surface area contributed by atoms with Crippen molar-refractivity contribution in [1.29, 1.82) is 0 Å². The number of rotatable bonds is 11. The molecule has 2 aromatic rings. The van der Waals surface area contributed by atoms with Crippen molar-refractivity contribution in [2.24, 2.45) is 10.3 Å². The highest BCUT2D eigenvalue weighted by Crippen LogP contribution is 2.41. The number of nitrogens with zero attached hydrogens (tertiary/aromatic N) is 8. The molecule has 1 fully saturated rings. The third kappa shape index (κ3) is 5.63. The summed E-state index contributed by atoms with van der Waals surface area (Å²) >= 11 is 3.33. The molecule has 2 aromatic heterocycles. The molecule has 206 valence electrons. The smallest absolute Gasteiger partial charge is 0.355 e. The van der Waals surface area contributed by atoms with E-state index in [1.165, 1.54) is 24.3 Å². The quantitative estimate of drug-likeness (QED) is 0.0648. The van der Waals surface area contributed by atoms with Crippen LogP contribution in [0.4, 0.5) is 5.13 Å². The number of aromatic nitrogens is 5. The molecule has 0 spiro atoms. The number of oxime groups is 2. The second-order valence-corrected chi connectivity index (χ2v) is 10.5. The number of fused-ring (bicyclic) bond motifs is 1. The van der Waals surface area contributed by atoms with Gasteiger partial charge < -0.3 is 31.3 Å². The topological polar surface area (TPSA) is 261 Å². The summed E-state index contributed by atoms with van der Waals surface area (Å²) in [6.07, 6.45) is 0. The molecule has 18 nitrogen and oxygen atoms in total. The predicted octanol–water partition coefficient (Wildman–Crippen LogP) is -1.49. The molecular weight excluding hydrogens is 580 g/mol. The minimum atomic E-state index is -1.47. The van der Waals surface area contributed by atoms with Crippen LogP contribution in [0, 0.1) is 0 Å². The molecule has 6 N–H and O–H groups in total. The molecule has 0 bridgehead atoms. The SMILES string of the molecule is CON=C(C(=O)NC1C(=O)N2C(C(=O)O)=C(CSc3nnnn3CC(=NO)C(=O)O)CS[C@@H]12)c1csc(N)n1. The van der Waals surface area contributed by atoms with Crippen molar-refractivity contribution < 1.29 is 39.4 Å². The monoisotopic (exact) mass is 598 g/mol. The van der Waals surface area contributed by atoms with Gasteiger partial charge in [0.15, 0.2) is 16.6 Å². The molecule has 0 aromatic carbocycles. The molecular formula is C18H18N10O8S3. The van der Waals surface area contributed by atoms with E-state index in [0.717, 1.165) is 32.7 Å². The van der Waals surface area contributed by atoms with Crippen LogP contribution in [0.5, 0.6) is 0 Å². The maximum Gasteiger partial charge on any atom is 0.355 e. The van der Waals surface area contributed by atoms with Crippen molar-refractivity contribution in [2.75, 3.05) is 24.3 Å². The van der Waals surface area contributed by atoms with Gasteiger partial charge >= 0.3 is 11.9 Å². The number of carboxylic acids is 2. The van der Waals surface area contributed by atoms with E-state index < -0.39 is 47.4 Å². The van der Waals surface area contributed by atoms with Crippen molar-refractivity contribution in [3.63, 3.8) is 0 Å². The first kappa shape index (κ1) is 27.8. The number of amides is 2. The summed E-state index contributed by atoms with van der Waals surface area (Å²) < 4.78 is 1.07. The third-order valence-corrected chi connectivity index (χ3v) is 8.30. The van der Waals surface area contributed by atoms with Crippen molar-refractivity contribution in [3.8, 4) is 0 Å². The van der Waals surface area contributed by atoms with E-state index in [1.807, 2.05) is 0 Å². The van der Waals surface area contributed by atoms with Gasteiger partial charge in [0.2, 0.25) is 5.16 Å². The van der Waals surface area contributed by atoms with Gasteiger partial charge in [0.05, 0.1) is 6.54 Å². The number of aliphatic carboxylic acids is 2. The lowest BCUT2D eigenvalue weighted by atomic mass is 10.0. The largest absolute Gasteiger partial charge is 0.477 e. The summed E-state index contributed by atoms with van der Waals surface area (Å²) in [6, 6.07) is -1.02. The molecule has 39 heavy (non-hydrogen) atoms. The van der Waals surface area contributed by atoms with Crippen LogP contribution in [0.2, 0.25) is 0 Å². The van der Waals surface area contributed by atoms with Crippen LogP contribution < -0.4 is 11.1 Å². The summed E-state index contributed by atoms with van der Waals surface area (Å²) in [5, 5.41) is 48.7. The van der Waals surface area contributed by atoms with Crippen LogP contribution in [-0.2, 0) is 30.6 Å². The predicted molar refractivity (Wildman–Crippen MR) is 135 cm³/mol. The summed E-state index contributed by atoms with van der Waals surface area (Å²) in [6.45, 7) is -0.434. The number of hydrogen-bond donors (Lipinski definition) is 5. The fraction of sp³-hybridized carbons (Fsp3) is 0.333. The first-order chi connectivity index (χ1) is 18.7. The van der Waals surface area contributed by atoms with Crippen molar-refractivity contribution >= 4 is 75.2 Å². The van der Waals surface area contributed by atoms with Crippen molar-refractivity contribution in [3.05, 3.63) is 22.3 Å². The lowest BCUT2D eigenvalue weighted by Gasteiger charge is -2.49. The van der Waals surface area contributed by atoms with Crippen molar-refractivity contribution in [2.45, 2.75) is 23.1 Å². The summed E-state index contributed by atoms with van der Waals surface area (Å²) in [4.78, 5) is 58.9. The highest BCUT2D eigenvalue weighted by Gasteiger charge is 2.54. The number of carbonyl (C=O) groups is 4. The molecule has 2 aliphatic heterocycles. The van der Waals surface area contributed by atoms with Gasteiger partial charge in [-0.15, -0.1) is 28.2 Å². The molecule has 4 heterocycles. The fourth-order valence-corrected chi connectivity index (χ4v) is 6.44. The minimum Gasteiger partial charge on any atom is -0.477 e. The number of thioether (sulfide) groups is 2. The second kappa shape index (κ2) is 11.7. The Morgan fingerprint density at radius 3 is 2.74 bits per heavy atom. The molecule has 2 amide bonds. The highest BCUT2D eigenvalue weighted by atomic mass is 32.2. The van der Waals surface area contributed by atoms with E-state index in [2.05, 4.69) is 36.1 Å². The highest BCUT2D eigenvalue weighted by molar-refractivity contribution is 8.01. The van der Waals surface area contributed by atoms with Gasteiger partial charge in [-0.05, 0) is 16.0 Å². The summed E-state index contributed by atoms with van der Waals surface area (Å²) in [5.41, 5.74) is 5.13. The number of nitrogen functional groups attached to an aromatic ring is 1. The minimum absolute atomic E-state index is 0.0527. The molecule has 1 saturated heterocycles. The van der Waals surface area contributed by atoms with Crippen LogP contribution in [0.1, 0.15) is 5.69 Å². The Kier molecular flexibility index (Phi) is 8.30. The zero-order valence-electron chi connectivity index (χ0n) is 19.6. The van der Waals surface area contributed by atoms with Crippen LogP contribution in [0.3, 0.4) is 0 Å². The van der Waals surface area contributed by atoms with Crippen LogP contribution in [-0.4, -0.2) is 111 Å². The number of anilines is 1.